The van der Waals surface area contributed by atoms with Gasteiger partial charge in [-0.3, -0.25) is 0 Å². The summed E-state index contributed by atoms with van der Waals surface area (Å²) in [5, 5.41) is 3.07. The maximum absolute atomic E-state index is 12.8. The molecule has 0 fully saturated rings. The topological polar surface area (TPSA) is 59.9 Å². The van der Waals surface area contributed by atoms with E-state index >= 15 is 0 Å². The molecule has 1 aromatic carbocycles. The summed E-state index contributed by atoms with van der Waals surface area (Å²) in [4.78, 5) is 11.9. The Balaban J connectivity index is 1.70. The molecule has 30 heavy (non-hydrogen) atoms. The van der Waals surface area contributed by atoms with E-state index in [1.165, 1.54) is 6.07 Å². The molecule has 3 aromatic rings. The first-order chi connectivity index (χ1) is 14.1. The Kier molecular flexibility index (Phi) is 6.67. The molecule has 0 aliphatic heterocycles. The van der Waals surface area contributed by atoms with Gasteiger partial charge in [0.05, 0.1) is 11.1 Å². The minimum atomic E-state index is -4.58. The van der Waals surface area contributed by atoms with Crippen molar-refractivity contribution >= 4 is 28.9 Å². The molecule has 0 saturated heterocycles. The smallest absolute Gasteiger partial charge is 0.433 e. The van der Waals surface area contributed by atoms with E-state index < -0.39 is 11.9 Å². The van der Waals surface area contributed by atoms with Crippen LogP contribution in [0.1, 0.15) is 25.1 Å². The number of aromatic nitrogens is 3. The summed E-state index contributed by atoms with van der Waals surface area (Å²) in [6, 6.07) is 7.47. The summed E-state index contributed by atoms with van der Waals surface area (Å²) < 4.78 is 44.1. The van der Waals surface area contributed by atoms with Gasteiger partial charge in [-0.1, -0.05) is 23.2 Å². The highest BCUT2D eigenvalue weighted by Gasteiger charge is 2.33. The highest BCUT2D eigenvalue weighted by atomic mass is 35.5. The first-order valence-electron chi connectivity index (χ1n) is 8.88. The van der Waals surface area contributed by atoms with Crippen molar-refractivity contribution in [2.24, 2.45) is 0 Å². The molecule has 0 bridgehead atoms. The molecule has 0 radical (unpaired) electrons. The van der Waals surface area contributed by atoms with Gasteiger partial charge in [-0.15, -0.1) is 0 Å². The zero-order valence-corrected chi connectivity index (χ0v) is 17.5. The number of nitrogens with one attached hydrogen (secondary N) is 1. The minimum absolute atomic E-state index is 0.00104. The summed E-state index contributed by atoms with van der Waals surface area (Å²) >= 11 is 11.9. The Bertz CT molecular complexity index is 1030. The van der Waals surface area contributed by atoms with Crippen LogP contribution in [0.3, 0.4) is 0 Å². The molecular weight excluding hydrogens is 440 g/mol. The van der Waals surface area contributed by atoms with E-state index in [2.05, 4.69) is 20.3 Å². The quantitative estimate of drug-likeness (QED) is 0.443. The number of anilines is 1. The third-order valence-corrected chi connectivity index (χ3v) is 4.33. The van der Waals surface area contributed by atoms with Crippen molar-refractivity contribution in [3.05, 3.63) is 64.2 Å². The van der Waals surface area contributed by atoms with Gasteiger partial charge in [0.1, 0.15) is 16.6 Å². The molecule has 5 nitrogen and oxygen atoms in total. The summed E-state index contributed by atoms with van der Waals surface area (Å²) in [7, 11) is 0. The fourth-order valence-electron chi connectivity index (χ4n) is 2.53. The van der Waals surface area contributed by atoms with Crippen LogP contribution in [0.15, 0.2) is 42.7 Å². The number of pyridine rings is 1. The molecule has 0 saturated carbocycles. The van der Waals surface area contributed by atoms with Gasteiger partial charge in [-0.05, 0) is 44.2 Å². The van der Waals surface area contributed by atoms with Crippen LogP contribution in [0, 0.1) is 0 Å². The van der Waals surface area contributed by atoms with E-state index in [9.17, 15) is 13.2 Å². The second kappa shape index (κ2) is 9.06. The second-order valence-electron chi connectivity index (χ2n) is 6.64. The van der Waals surface area contributed by atoms with Crippen LogP contribution in [0.5, 0.6) is 5.75 Å². The fraction of sp³-hybridized carbons (Fsp3) is 0.250. The molecule has 0 amide bonds. The zero-order valence-electron chi connectivity index (χ0n) is 16.0. The van der Waals surface area contributed by atoms with E-state index in [1.54, 1.807) is 30.6 Å². The SMILES string of the molecule is CC(C)Oc1ccc(-c2ncc(CNc3cc(Cl)nc(C(F)(F)F)c3)cn2)cc1Cl. The van der Waals surface area contributed by atoms with E-state index in [0.717, 1.165) is 6.07 Å². The van der Waals surface area contributed by atoms with E-state index in [0.29, 0.717) is 27.7 Å². The molecule has 0 spiro atoms. The van der Waals surface area contributed by atoms with E-state index in [-0.39, 0.29) is 23.5 Å². The molecular formula is C20H17Cl2F3N4O. The van der Waals surface area contributed by atoms with Gasteiger partial charge in [0.25, 0.3) is 0 Å². The first-order valence-corrected chi connectivity index (χ1v) is 9.63. The van der Waals surface area contributed by atoms with E-state index in [1.807, 2.05) is 13.8 Å². The van der Waals surface area contributed by atoms with Crippen molar-refractivity contribution in [3.8, 4) is 17.1 Å². The lowest BCUT2D eigenvalue weighted by Crippen LogP contribution is -2.09. The fourth-order valence-corrected chi connectivity index (χ4v) is 2.97. The highest BCUT2D eigenvalue weighted by molar-refractivity contribution is 6.32. The average Bonchev–Trinajstić information content (AvgIpc) is 2.67. The molecule has 2 heterocycles. The van der Waals surface area contributed by atoms with Crippen LogP contribution in [0.4, 0.5) is 18.9 Å². The third-order valence-electron chi connectivity index (χ3n) is 3.84. The van der Waals surface area contributed by atoms with Crippen molar-refractivity contribution in [2.45, 2.75) is 32.7 Å². The number of hydrogen-bond donors (Lipinski definition) is 1. The lowest BCUT2D eigenvalue weighted by Gasteiger charge is -2.12. The monoisotopic (exact) mass is 456 g/mol. The van der Waals surface area contributed by atoms with Crippen LogP contribution >= 0.6 is 23.2 Å². The summed E-state index contributed by atoms with van der Waals surface area (Å²) in [5.74, 6) is 1.04. The van der Waals surface area contributed by atoms with Gasteiger partial charge < -0.3 is 10.1 Å². The number of hydrogen-bond acceptors (Lipinski definition) is 5. The molecule has 1 N–H and O–H groups in total. The van der Waals surface area contributed by atoms with Gasteiger partial charge >= 0.3 is 6.18 Å². The molecule has 0 aliphatic rings. The van der Waals surface area contributed by atoms with Gasteiger partial charge in [0, 0.05) is 35.8 Å². The van der Waals surface area contributed by atoms with Gasteiger partial charge in [-0.25, -0.2) is 15.0 Å². The average molecular weight is 457 g/mol. The van der Waals surface area contributed by atoms with E-state index in [4.69, 9.17) is 27.9 Å². The van der Waals surface area contributed by atoms with Crippen LogP contribution in [0.25, 0.3) is 11.4 Å². The normalized spacial score (nSPS) is 11.6. The number of nitrogens with zero attached hydrogens (tertiary/aromatic N) is 3. The van der Waals surface area contributed by atoms with Crippen molar-refractivity contribution in [2.75, 3.05) is 5.32 Å². The van der Waals surface area contributed by atoms with Crippen molar-refractivity contribution < 1.29 is 17.9 Å². The Morgan fingerprint density at radius 1 is 1.07 bits per heavy atom. The predicted octanol–water partition coefficient (Wildman–Crippen LogP) is 6.26. The number of halogens is 5. The zero-order chi connectivity index (χ0) is 21.9. The third kappa shape index (κ3) is 5.73. The summed E-state index contributed by atoms with van der Waals surface area (Å²) in [6.07, 6.45) is -1.42. The Morgan fingerprint density at radius 3 is 2.37 bits per heavy atom. The molecule has 0 aliphatic carbocycles. The largest absolute Gasteiger partial charge is 0.489 e. The Labute approximate surface area is 181 Å². The minimum Gasteiger partial charge on any atom is -0.489 e. The standard InChI is InChI=1S/C20H17Cl2F3N4O/c1-11(2)30-16-4-3-13(5-15(16)21)19-27-9-12(10-28-19)8-26-14-6-17(20(23,24)25)29-18(22)7-14/h3-7,9-11H,8H2,1-2H3,(H,26,29). The number of alkyl halides is 3. The van der Waals surface area contributed by atoms with Crippen molar-refractivity contribution in [1.29, 1.82) is 0 Å². The van der Waals surface area contributed by atoms with Gasteiger partial charge in [-0.2, -0.15) is 13.2 Å². The lowest BCUT2D eigenvalue weighted by molar-refractivity contribution is -0.141. The summed E-state index contributed by atoms with van der Waals surface area (Å²) in [5.41, 5.74) is 0.516. The second-order valence-corrected chi connectivity index (χ2v) is 7.44. The Hall–Kier alpha value is -2.58. The first kappa shape index (κ1) is 22.1. The maximum atomic E-state index is 12.8. The number of ether oxygens (including phenoxy) is 1. The van der Waals surface area contributed by atoms with Crippen LogP contribution in [-0.2, 0) is 12.7 Å². The van der Waals surface area contributed by atoms with Crippen molar-refractivity contribution in [1.82, 2.24) is 15.0 Å². The molecule has 3 rings (SSSR count). The molecule has 2 aromatic heterocycles. The molecule has 0 unspecified atom stereocenters. The highest BCUT2D eigenvalue weighted by Crippen LogP contribution is 2.31. The van der Waals surface area contributed by atoms with Gasteiger partial charge in [0.2, 0.25) is 0 Å². The number of rotatable bonds is 6. The summed E-state index contributed by atoms with van der Waals surface area (Å²) in [6.45, 7) is 4.02. The van der Waals surface area contributed by atoms with Crippen LogP contribution in [0.2, 0.25) is 10.2 Å². The predicted molar refractivity (Wildman–Crippen MR) is 110 cm³/mol. The van der Waals surface area contributed by atoms with Crippen molar-refractivity contribution in [3.63, 3.8) is 0 Å². The van der Waals surface area contributed by atoms with Crippen LogP contribution in [-0.4, -0.2) is 21.1 Å². The maximum Gasteiger partial charge on any atom is 0.433 e. The Morgan fingerprint density at radius 2 is 1.77 bits per heavy atom. The number of benzene rings is 1. The molecule has 0 atom stereocenters. The molecule has 158 valence electrons. The lowest BCUT2D eigenvalue weighted by atomic mass is 10.2. The van der Waals surface area contributed by atoms with Gasteiger partial charge in [0.15, 0.2) is 5.82 Å². The molecule has 10 heteroatoms. The van der Waals surface area contributed by atoms with Crippen LogP contribution < -0.4 is 10.1 Å².